The van der Waals surface area contributed by atoms with Gasteiger partial charge in [0.2, 0.25) is 0 Å². The topological polar surface area (TPSA) is 21.3 Å². The SMILES string of the molecule is c1ccc(-c2ccccc2-c2ccccc2N(c2cccc(-c3ccccc3-n3c4ccccc4c4ccccc43)c2)c2ccccc2-c2cccc3c2oc2ccccc23)cc1. The van der Waals surface area contributed by atoms with Crippen molar-refractivity contribution in [2.75, 3.05) is 4.90 Å². The Morgan fingerprint density at radius 2 is 0.810 bits per heavy atom. The molecule has 0 unspecified atom stereocenters. The van der Waals surface area contributed by atoms with Gasteiger partial charge >= 0.3 is 0 Å². The molecule has 3 nitrogen and oxygen atoms in total. The van der Waals surface area contributed by atoms with Crippen molar-refractivity contribution in [3.63, 3.8) is 0 Å². The summed E-state index contributed by atoms with van der Waals surface area (Å²) in [6.07, 6.45) is 0. The lowest BCUT2D eigenvalue weighted by molar-refractivity contribution is 0.670. The minimum absolute atomic E-state index is 0.877. The number of hydrogen-bond donors (Lipinski definition) is 0. The molecule has 0 amide bonds. The van der Waals surface area contributed by atoms with Crippen LogP contribution >= 0.6 is 0 Å². The Hall–Kier alpha value is -8.40. The molecule has 296 valence electrons. The number of furan rings is 1. The van der Waals surface area contributed by atoms with Crippen LogP contribution < -0.4 is 4.90 Å². The Bertz CT molecular complexity index is 3600. The van der Waals surface area contributed by atoms with Gasteiger partial charge in [0.05, 0.1) is 28.1 Å². The summed E-state index contributed by atoms with van der Waals surface area (Å²) in [5.74, 6) is 0. The zero-order valence-electron chi connectivity index (χ0n) is 34.4. The molecule has 0 aliphatic rings. The summed E-state index contributed by atoms with van der Waals surface area (Å²) in [5, 5.41) is 4.70. The average molecular weight is 805 g/mol. The summed E-state index contributed by atoms with van der Waals surface area (Å²) in [7, 11) is 0. The van der Waals surface area contributed by atoms with E-state index in [-0.39, 0.29) is 0 Å². The highest BCUT2D eigenvalue weighted by Gasteiger charge is 2.24. The number of rotatable bonds is 8. The molecule has 0 radical (unpaired) electrons. The van der Waals surface area contributed by atoms with Crippen LogP contribution in [0.25, 0.3) is 93.9 Å². The first kappa shape index (κ1) is 36.5. The van der Waals surface area contributed by atoms with E-state index in [4.69, 9.17) is 4.42 Å². The third kappa shape index (κ3) is 6.13. The second-order valence-corrected chi connectivity index (χ2v) is 16.0. The van der Waals surface area contributed by atoms with Gasteiger partial charge in [0.25, 0.3) is 0 Å². The molecule has 12 aromatic rings. The van der Waals surface area contributed by atoms with Crippen molar-refractivity contribution in [2.45, 2.75) is 0 Å². The maximum Gasteiger partial charge on any atom is 0.143 e. The van der Waals surface area contributed by atoms with E-state index in [0.29, 0.717) is 0 Å². The maximum absolute atomic E-state index is 6.71. The number of para-hydroxylation sites is 7. The molecule has 0 saturated heterocycles. The minimum atomic E-state index is 0.877. The molecule has 12 rings (SSSR count). The molecule has 0 atom stereocenters. The molecular weight excluding hydrogens is 765 g/mol. The Kier molecular flexibility index (Phi) is 8.83. The predicted molar refractivity (Wildman–Crippen MR) is 264 cm³/mol. The van der Waals surface area contributed by atoms with Crippen molar-refractivity contribution in [3.05, 3.63) is 243 Å². The maximum atomic E-state index is 6.71. The molecule has 3 heteroatoms. The minimum Gasteiger partial charge on any atom is -0.455 e. The Morgan fingerprint density at radius 3 is 1.54 bits per heavy atom. The van der Waals surface area contributed by atoms with Gasteiger partial charge in [-0.15, -0.1) is 0 Å². The van der Waals surface area contributed by atoms with Gasteiger partial charge < -0.3 is 13.9 Å². The molecule has 0 aliphatic heterocycles. The monoisotopic (exact) mass is 804 g/mol. The zero-order valence-corrected chi connectivity index (χ0v) is 34.4. The molecule has 0 spiro atoms. The third-order valence-corrected chi connectivity index (χ3v) is 12.4. The van der Waals surface area contributed by atoms with Crippen LogP contribution in [0.15, 0.2) is 247 Å². The van der Waals surface area contributed by atoms with Crippen molar-refractivity contribution in [1.29, 1.82) is 0 Å². The number of aromatic nitrogens is 1. The average Bonchev–Trinajstić information content (AvgIpc) is 3.91. The molecule has 0 aliphatic carbocycles. The first-order chi connectivity index (χ1) is 31.3. The fourth-order valence-corrected chi connectivity index (χ4v) is 9.65. The summed E-state index contributed by atoms with van der Waals surface area (Å²) < 4.78 is 9.13. The van der Waals surface area contributed by atoms with Crippen LogP contribution in [0.3, 0.4) is 0 Å². The molecule has 0 saturated carbocycles. The first-order valence-corrected chi connectivity index (χ1v) is 21.5. The molecular formula is C60H40N2O. The third-order valence-electron chi connectivity index (χ3n) is 12.4. The summed E-state index contributed by atoms with van der Waals surface area (Å²) in [5.41, 5.74) is 17.4. The largest absolute Gasteiger partial charge is 0.455 e. The Morgan fingerprint density at radius 1 is 0.317 bits per heavy atom. The number of hydrogen-bond acceptors (Lipinski definition) is 2. The molecule has 0 N–H and O–H groups in total. The molecule has 63 heavy (non-hydrogen) atoms. The quantitative estimate of drug-likeness (QED) is 0.153. The van der Waals surface area contributed by atoms with Crippen molar-refractivity contribution in [1.82, 2.24) is 4.57 Å². The van der Waals surface area contributed by atoms with Gasteiger partial charge in [0.1, 0.15) is 11.2 Å². The van der Waals surface area contributed by atoms with Crippen LogP contribution in [0.1, 0.15) is 0 Å². The van der Waals surface area contributed by atoms with Crippen LogP contribution in [-0.4, -0.2) is 4.57 Å². The highest BCUT2D eigenvalue weighted by atomic mass is 16.3. The lowest BCUT2D eigenvalue weighted by Gasteiger charge is -2.30. The van der Waals surface area contributed by atoms with E-state index in [2.05, 4.69) is 246 Å². The molecule has 10 aromatic carbocycles. The fourth-order valence-electron chi connectivity index (χ4n) is 9.65. The highest BCUT2D eigenvalue weighted by Crippen LogP contribution is 2.49. The van der Waals surface area contributed by atoms with E-state index in [1.807, 2.05) is 6.07 Å². The first-order valence-electron chi connectivity index (χ1n) is 21.5. The van der Waals surface area contributed by atoms with E-state index in [0.717, 1.165) is 78.1 Å². The Balaban J connectivity index is 1.11. The number of anilines is 3. The van der Waals surface area contributed by atoms with E-state index < -0.39 is 0 Å². The zero-order chi connectivity index (χ0) is 41.7. The van der Waals surface area contributed by atoms with Gasteiger partial charge in [-0.25, -0.2) is 0 Å². The molecule has 0 fully saturated rings. The number of fused-ring (bicyclic) bond motifs is 6. The second kappa shape index (κ2) is 15.3. The van der Waals surface area contributed by atoms with Gasteiger partial charge in [-0.1, -0.05) is 194 Å². The molecule has 2 heterocycles. The van der Waals surface area contributed by atoms with E-state index in [1.165, 1.54) is 32.9 Å². The molecule has 2 aromatic heterocycles. The van der Waals surface area contributed by atoms with Crippen molar-refractivity contribution in [2.24, 2.45) is 0 Å². The lowest BCUT2D eigenvalue weighted by Crippen LogP contribution is -2.13. The van der Waals surface area contributed by atoms with E-state index in [9.17, 15) is 0 Å². The summed E-state index contributed by atoms with van der Waals surface area (Å²) in [6, 6.07) is 87.1. The van der Waals surface area contributed by atoms with E-state index in [1.54, 1.807) is 0 Å². The van der Waals surface area contributed by atoms with Crippen molar-refractivity contribution < 1.29 is 4.42 Å². The van der Waals surface area contributed by atoms with Gasteiger partial charge in [0, 0.05) is 49.5 Å². The normalized spacial score (nSPS) is 11.5. The van der Waals surface area contributed by atoms with Crippen LogP contribution in [-0.2, 0) is 0 Å². The smallest absolute Gasteiger partial charge is 0.143 e. The predicted octanol–water partition coefficient (Wildman–Crippen LogP) is 16.8. The number of nitrogens with zero attached hydrogens (tertiary/aromatic N) is 2. The van der Waals surface area contributed by atoms with Gasteiger partial charge in [0.15, 0.2) is 0 Å². The standard InChI is InChI=1S/C60H40N2O/c1-2-20-41(21-3-1)44-24-4-5-26-46(44)47-27-7-13-35-55(47)61(56-36-14-10-30-50(56)52-32-19-33-53-51-31-11-17-39-59(51)63-60(52)53)43-23-18-22-42(40-43)45-25-6-12-34-54(45)62-57-37-15-8-28-48(57)49-29-9-16-38-58(49)62/h1-40H. The number of benzene rings is 10. The van der Waals surface area contributed by atoms with Crippen LogP contribution in [0.4, 0.5) is 17.1 Å². The lowest BCUT2D eigenvalue weighted by atomic mass is 9.92. The highest BCUT2D eigenvalue weighted by molar-refractivity contribution is 6.12. The molecule has 0 bridgehead atoms. The van der Waals surface area contributed by atoms with Gasteiger partial charge in [-0.05, 0) is 70.8 Å². The van der Waals surface area contributed by atoms with Crippen molar-refractivity contribution >= 4 is 60.8 Å². The summed E-state index contributed by atoms with van der Waals surface area (Å²) in [6.45, 7) is 0. The van der Waals surface area contributed by atoms with Gasteiger partial charge in [-0.2, -0.15) is 0 Å². The Labute approximate surface area is 366 Å². The van der Waals surface area contributed by atoms with Crippen LogP contribution in [0, 0.1) is 0 Å². The van der Waals surface area contributed by atoms with Crippen LogP contribution in [0.2, 0.25) is 0 Å². The second-order valence-electron chi connectivity index (χ2n) is 16.0. The van der Waals surface area contributed by atoms with Gasteiger partial charge in [-0.3, -0.25) is 0 Å². The van der Waals surface area contributed by atoms with Crippen LogP contribution in [0.5, 0.6) is 0 Å². The fraction of sp³-hybridized carbons (Fsp3) is 0. The van der Waals surface area contributed by atoms with E-state index >= 15 is 0 Å². The van der Waals surface area contributed by atoms with Crippen molar-refractivity contribution in [3.8, 4) is 50.2 Å². The summed E-state index contributed by atoms with van der Waals surface area (Å²) >= 11 is 0. The summed E-state index contributed by atoms with van der Waals surface area (Å²) in [4.78, 5) is 2.44.